The van der Waals surface area contributed by atoms with Crippen molar-refractivity contribution in [3.8, 4) is 0 Å². The minimum absolute atomic E-state index is 0.334. The summed E-state index contributed by atoms with van der Waals surface area (Å²) in [5.41, 5.74) is 0. The molecule has 0 radical (unpaired) electrons. The largest absolute Gasteiger partial charge is 0.353 e. The molecule has 304 valence electrons. The monoisotopic (exact) mass is 759 g/mol. The first-order valence-corrected chi connectivity index (χ1v) is 22.6. The van der Waals surface area contributed by atoms with E-state index in [1.54, 1.807) is 0 Å². The molecule has 2 saturated carbocycles. The van der Waals surface area contributed by atoms with E-state index in [2.05, 4.69) is 40.9 Å². The van der Waals surface area contributed by atoms with Gasteiger partial charge in [-0.1, -0.05) is 25.7 Å². The van der Waals surface area contributed by atoms with Crippen LogP contribution in [-0.2, 0) is 0 Å². The maximum atomic E-state index is 5.11. The quantitative estimate of drug-likeness (QED) is 0.163. The normalized spacial score (nSPS) is 27.0. The zero-order chi connectivity index (χ0) is 37.1. The summed E-state index contributed by atoms with van der Waals surface area (Å²) in [7, 11) is 0. The Morgan fingerprint density at radius 3 is 0.873 bits per heavy atom. The summed E-state index contributed by atoms with van der Waals surface area (Å²) in [5, 5.41) is 14.4. The number of rotatable bonds is 18. The predicted octanol–water partition coefficient (Wildman–Crippen LogP) is 4.95. The highest BCUT2D eigenvalue weighted by molar-refractivity contribution is 5.38. The van der Waals surface area contributed by atoms with Crippen molar-refractivity contribution >= 4 is 23.8 Å². The van der Waals surface area contributed by atoms with Crippen molar-refractivity contribution in [2.75, 3.05) is 126 Å². The summed E-state index contributed by atoms with van der Waals surface area (Å²) >= 11 is 0. The molecule has 4 atom stereocenters. The fraction of sp³-hybridized carbons (Fsp3) is 0.854. The van der Waals surface area contributed by atoms with Gasteiger partial charge in [0, 0.05) is 64.2 Å². The van der Waals surface area contributed by atoms with Crippen molar-refractivity contribution < 1.29 is 0 Å². The third-order valence-corrected chi connectivity index (χ3v) is 13.5. The lowest BCUT2D eigenvalue weighted by Crippen LogP contribution is -2.34. The number of nitrogens with zero attached hydrogens (tertiary/aromatic N) is 10. The van der Waals surface area contributed by atoms with Crippen molar-refractivity contribution in [2.24, 2.45) is 11.8 Å². The van der Waals surface area contributed by atoms with Crippen LogP contribution >= 0.6 is 0 Å². The van der Waals surface area contributed by atoms with Crippen LogP contribution in [0, 0.1) is 11.8 Å². The molecule has 2 aromatic rings. The molecule has 6 aliphatic rings. The highest BCUT2D eigenvalue weighted by Crippen LogP contribution is 2.58. The van der Waals surface area contributed by atoms with E-state index < -0.39 is 0 Å². The van der Waals surface area contributed by atoms with Crippen LogP contribution < -0.4 is 21.3 Å². The van der Waals surface area contributed by atoms with Gasteiger partial charge in [-0.05, 0) is 135 Å². The Morgan fingerprint density at radius 1 is 0.345 bits per heavy atom. The maximum Gasteiger partial charge on any atom is 0.227 e. The van der Waals surface area contributed by atoms with Crippen LogP contribution in [0.15, 0.2) is 0 Å². The highest BCUT2D eigenvalue weighted by atomic mass is 15.3. The Bertz CT molecular complexity index is 1260. The molecule has 6 fully saturated rings. The molecule has 0 amide bonds. The molecule has 4 N–H and O–H groups in total. The number of likely N-dealkylation sites (tertiary alicyclic amines) is 4. The molecule has 8 rings (SSSR count). The van der Waals surface area contributed by atoms with Crippen LogP contribution in [0.25, 0.3) is 0 Å². The Labute approximate surface area is 330 Å². The Kier molecular flexibility index (Phi) is 14.1. The summed E-state index contributed by atoms with van der Waals surface area (Å²) < 4.78 is 0. The minimum atomic E-state index is 0.334. The Morgan fingerprint density at radius 2 is 0.618 bits per heavy atom. The van der Waals surface area contributed by atoms with Gasteiger partial charge in [0.1, 0.15) is 11.6 Å². The van der Waals surface area contributed by atoms with Gasteiger partial charge >= 0.3 is 0 Å². The van der Waals surface area contributed by atoms with Gasteiger partial charge in [0.15, 0.2) is 0 Å². The molecule has 2 bridgehead atoms. The summed E-state index contributed by atoms with van der Waals surface area (Å²) in [6, 6.07) is 0. The molecular weight excluding hydrogens is 689 g/mol. The van der Waals surface area contributed by atoms with Crippen molar-refractivity contribution in [1.29, 1.82) is 0 Å². The molecule has 2 aromatic heterocycles. The molecule has 4 saturated heterocycles. The summed E-state index contributed by atoms with van der Waals surface area (Å²) in [6.45, 7) is 17.2. The Balaban J connectivity index is 0.927. The molecular formula is C41H70N14. The van der Waals surface area contributed by atoms with Gasteiger partial charge in [-0.15, -0.1) is 0 Å². The van der Waals surface area contributed by atoms with Crippen LogP contribution in [-0.4, -0.2) is 154 Å². The smallest absolute Gasteiger partial charge is 0.227 e. The topological polar surface area (TPSA) is 138 Å². The molecule has 55 heavy (non-hydrogen) atoms. The lowest BCUT2D eigenvalue weighted by molar-refractivity contribution is 0.236. The van der Waals surface area contributed by atoms with Crippen LogP contribution in [0.5, 0.6) is 0 Å². The SMILES string of the molecule is C1CCN(CCNc2nc(NCCN3CCCCC3)nc(C3CC4CC3CC4c3nc(NCCN4CCCCC4)nc(NCCN4CCCCC4)n3)n2)CC1. The number of fused-ring (bicyclic) bond motifs is 2. The maximum absolute atomic E-state index is 5.11. The summed E-state index contributed by atoms with van der Waals surface area (Å²) in [6.07, 6.45) is 19.2. The number of piperidine rings is 4. The molecule has 6 heterocycles. The third-order valence-electron chi connectivity index (χ3n) is 13.5. The number of anilines is 4. The van der Waals surface area contributed by atoms with Crippen molar-refractivity contribution in [2.45, 2.75) is 108 Å². The van der Waals surface area contributed by atoms with Gasteiger partial charge in [-0.3, -0.25) is 0 Å². The first-order chi connectivity index (χ1) is 27.2. The van der Waals surface area contributed by atoms with E-state index in [0.29, 0.717) is 23.7 Å². The number of aromatic nitrogens is 6. The van der Waals surface area contributed by atoms with Crippen LogP contribution in [0.4, 0.5) is 23.8 Å². The molecule has 14 heteroatoms. The zero-order valence-electron chi connectivity index (χ0n) is 33.7. The third kappa shape index (κ3) is 11.1. The lowest BCUT2D eigenvalue weighted by Gasteiger charge is -2.28. The number of nitrogens with one attached hydrogen (secondary N) is 4. The average Bonchev–Trinajstić information content (AvgIpc) is 3.85. The van der Waals surface area contributed by atoms with Crippen LogP contribution in [0.1, 0.15) is 120 Å². The van der Waals surface area contributed by atoms with E-state index in [1.165, 1.54) is 136 Å². The first kappa shape index (κ1) is 38.9. The second-order valence-corrected chi connectivity index (χ2v) is 17.4. The lowest BCUT2D eigenvalue weighted by atomic mass is 9.81. The second kappa shape index (κ2) is 20.0. The van der Waals surface area contributed by atoms with Crippen molar-refractivity contribution in [3.05, 3.63) is 11.6 Å². The summed E-state index contributed by atoms with van der Waals surface area (Å²) in [4.78, 5) is 40.5. The minimum Gasteiger partial charge on any atom is -0.353 e. The molecule has 14 nitrogen and oxygen atoms in total. The van der Waals surface area contributed by atoms with E-state index in [0.717, 1.165) is 101 Å². The molecule has 4 unspecified atom stereocenters. The van der Waals surface area contributed by atoms with E-state index in [9.17, 15) is 0 Å². The highest BCUT2D eigenvalue weighted by Gasteiger charge is 2.49. The van der Waals surface area contributed by atoms with Crippen LogP contribution in [0.2, 0.25) is 0 Å². The van der Waals surface area contributed by atoms with Crippen LogP contribution in [0.3, 0.4) is 0 Å². The average molecular weight is 759 g/mol. The van der Waals surface area contributed by atoms with E-state index >= 15 is 0 Å². The van der Waals surface area contributed by atoms with E-state index in [4.69, 9.17) is 29.9 Å². The standard InChI is InChI=1S/C41H70N14/c1-5-17-52(18-6-1)25-13-42-38-46-36(47-39(50-38)43-14-26-53-19-7-2-8-20-53)34-30-33-29-32(34)31-35(33)37-48-40(44-15-27-54-21-9-3-10-22-54)51-41(49-37)45-16-28-55-23-11-4-12-24-55/h32-35H,1-31H2,(H2,42,43,46,47,50)(H2,44,45,48,49,51). The first-order valence-electron chi connectivity index (χ1n) is 22.6. The van der Waals surface area contributed by atoms with E-state index in [1.807, 2.05) is 0 Å². The molecule has 0 spiro atoms. The van der Waals surface area contributed by atoms with Gasteiger partial charge < -0.3 is 40.9 Å². The number of hydrogen-bond donors (Lipinski definition) is 4. The molecule has 0 aromatic carbocycles. The Hall–Kier alpha value is -2.94. The predicted molar refractivity (Wildman–Crippen MR) is 221 cm³/mol. The van der Waals surface area contributed by atoms with Gasteiger partial charge in [0.2, 0.25) is 23.8 Å². The fourth-order valence-corrected chi connectivity index (χ4v) is 10.4. The second-order valence-electron chi connectivity index (χ2n) is 17.4. The molecule has 4 aliphatic heterocycles. The van der Waals surface area contributed by atoms with Gasteiger partial charge in [0.05, 0.1) is 0 Å². The van der Waals surface area contributed by atoms with Gasteiger partial charge in [0.25, 0.3) is 0 Å². The summed E-state index contributed by atoms with van der Waals surface area (Å²) in [5.74, 6) is 6.50. The van der Waals surface area contributed by atoms with E-state index in [-0.39, 0.29) is 0 Å². The van der Waals surface area contributed by atoms with Crippen molar-refractivity contribution in [1.82, 2.24) is 49.5 Å². The van der Waals surface area contributed by atoms with Gasteiger partial charge in [-0.25, -0.2) is 0 Å². The zero-order valence-corrected chi connectivity index (χ0v) is 33.7. The fourth-order valence-electron chi connectivity index (χ4n) is 10.4. The van der Waals surface area contributed by atoms with Gasteiger partial charge in [-0.2, -0.15) is 29.9 Å². The molecule has 2 aliphatic carbocycles. The number of hydrogen-bond acceptors (Lipinski definition) is 14. The van der Waals surface area contributed by atoms with Crippen molar-refractivity contribution in [3.63, 3.8) is 0 Å².